The first-order valence-corrected chi connectivity index (χ1v) is 7.00. The van der Waals surface area contributed by atoms with Crippen LogP contribution in [0.25, 0.3) is 0 Å². The van der Waals surface area contributed by atoms with Gasteiger partial charge in [0.1, 0.15) is 11.6 Å². The molecular weight excluding hydrogens is 295 g/mol. The summed E-state index contributed by atoms with van der Waals surface area (Å²) in [6, 6.07) is 0.524. The third kappa shape index (κ3) is 5.08. The van der Waals surface area contributed by atoms with Gasteiger partial charge in [0.05, 0.1) is 0 Å². The van der Waals surface area contributed by atoms with E-state index in [0.29, 0.717) is 12.0 Å². The monoisotopic (exact) mass is 320 g/mol. The third-order valence-corrected chi connectivity index (χ3v) is 3.61. The predicted octanol–water partition coefficient (Wildman–Crippen LogP) is 2.99. The largest absolute Gasteiger partial charge is 0.367 e. The summed E-state index contributed by atoms with van der Waals surface area (Å²) < 4.78 is 0. The van der Waals surface area contributed by atoms with Crippen LogP contribution in [0.1, 0.15) is 38.1 Å². The highest BCUT2D eigenvalue weighted by Crippen LogP contribution is 2.20. The van der Waals surface area contributed by atoms with E-state index >= 15 is 0 Å². The molecule has 116 valence electrons. The Morgan fingerprint density at radius 1 is 1.40 bits per heavy atom. The molecule has 0 radical (unpaired) electrons. The van der Waals surface area contributed by atoms with Crippen LogP contribution < -0.4 is 10.6 Å². The topological polar surface area (TPSA) is 49.8 Å². The lowest BCUT2D eigenvalue weighted by Crippen LogP contribution is -2.42. The number of hydrogen-bond donors (Lipinski definition) is 2. The highest BCUT2D eigenvalue weighted by atomic mass is 35.5. The van der Waals surface area contributed by atoms with Crippen molar-refractivity contribution in [2.75, 3.05) is 18.4 Å². The van der Waals surface area contributed by atoms with Crippen LogP contribution >= 0.6 is 24.8 Å². The van der Waals surface area contributed by atoms with E-state index in [9.17, 15) is 0 Å². The molecule has 0 aliphatic carbocycles. The number of rotatable bonds is 4. The smallest absolute Gasteiger partial charge is 0.133 e. The van der Waals surface area contributed by atoms with Crippen molar-refractivity contribution >= 4 is 30.6 Å². The van der Waals surface area contributed by atoms with E-state index in [1.807, 2.05) is 13.1 Å². The fourth-order valence-electron chi connectivity index (χ4n) is 2.48. The molecule has 1 aromatic rings. The summed E-state index contributed by atoms with van der Waals surface area (Å²) in [4.78, 5) is 8.88. The van der Waals surface area contributed by atoms with Gasteiger partial charge in [-0.3, -0.25) is 0 Å². The number of hydrogen-bond acceptors (Lipinski definition) is 4. The predicted molar refractivity (Wildman–Crippen MR) is 89.3 cm³/mol. The quantitative estimate of drug-likeness (QED) is 0.895. The third-order valence-electron chi connectivity index (χ3n) is 3.61. The molecule has 1 aliphatic rings. The molecule has 0 saturated carbocycles. The van der Waals surface area contributed by atoms with E-state index < -0.39 is 0 Å². The molecule has 2 atom stereocenters. The summed E-state index contributed by atoms with van der Waals surface area (Å²) in [5.41, 5.74) is 1.24. The van der Waals surface area contributed by atoms with E-state index in [0.717, 1.165) is 44.0 Å². The summed E-state index contributed by atoms with van der Waals surface area (Å²) in [5.74, 6) is 2.53. The number of nitrogens with zero attached hydrogens (tertiary/aromatic N) is 2. The molecule has 0 amide bonds. The number of nitrogens with one attached hydrogen (secondary N) is 2. The summed E-state index contributed by atoms with van der Waals surface area (Å²) in [6.45, 7) is 8.61. The van der Waals surface area contributed by atoms with Crippen LogP contribution in [0.3, 0.4) is 0 Å². The summed E-state index contributed by atoms with van der Waals surface area (Å²) >= 11 is 0. The minimum atomic E-state index is 0. The second kappa shape index (κ2) is 9.37. The molecule has 20 heavy (non-hydrogen) atoms. The fraction of sp³-hybridized carbons (Fsp3) is 0.714. The standard InChI is InChI=1S/C14H24N4.2ClH/c1-4-5-12-9-16-11(3)17-14(12)18-13-6-7-15-8-10(13)2;;/h9-10,13,15H,4-8H2,1-3H3,(H,16,17,18);2*1H/t10-,13+;;/m0../s1. The maximum Gasteiger partial charge on any atom is 0.133 e. The highest BCUT2D eigenvalue weighted by Gasteiger charge is 2.22. The van der Waals surface area contributed by atoms with Crippen molar-refractivity contribution < 1.29 is 0 Å². The molecule has 0 unspecified atom stereocenters. The number of halogens is 2. The fourth-order valence-corrected chi connectivity index (χ4v) is 2.48. The molecule has 1 aliphatic heterocycles. The second-order valence-electron chi connectivity index (χ2n) is 5.26. The number of piperidine rings is 1. The van der Waals surface area contributed by atoms with Gasteiger partial charge in [0.2, 0.25) is 0 Å². The lowest BCUT2D eigenvalue weighted by atomic mass is 9.95. The zero-order valence-electron chi connectivity index (χ0n) is 12.5. The summed E-state index contributed by atoms with van der Waals surface area (Å²) in [5, 5.41) is 7.06. The number of aromatic nitrogens is 2. The molecule has 2 rings (SSSR count). The van der Waals surface area contributed by atoms with Crippen molar-refractivity contribution in [3.8, 4) is 0 Å². The first-order valence-electron chi connectivity index (χ1n) is 7.00. The molecule has 6 heteroatoms. The maximum atomic E-state index is 4.58. The highest BCUT2D eigenvalue weighted by molar-refractivity contribution is 5.85. The molecule has 2 N–H and O–H groups in total. The summed E-state index contributed by atoms with van der Waals surface area (Å²) in [7, 11) is 0. The van der Waals surface area contributed by atoms with Gasteiger partial charge in [-0.05, 0) is 38.8 Å². The van der Waals surface area contributed by atoms with Crippen molar-refractivity contribution in [3.63, 3.8) is 0 Å². The van der Waals surface area contributed by atoms with Gasteiger partial charge in [-0.1, -0.05) is 20.3 Å². The molecule has 0 spiro atoms. The average molecular weight is 321 g/mol. The SMILES string of the molecule is CCCc1cnc(C)nc1N[C@@H]1CCNC[C@@H]1C.Cl.Cl. The zero-order chi connectivity index (χ0) is 13.0. The van der Waals surface area contributed by atoms with Gasteiger partial charge in [0, 0.05) is 17.8 Å². The van der Waals surface area contributed by atoms with Crippen molar-refractivity contribution in [1.29, 1.82) is 0 Å². The van der Waals surface area contributed by atoms with Crippen LogP contribution in [-0.4, -0.2) is 29.1 Å². The Kier molecular flexibility index (Phi) is 9.10. The Hall–Kier alpha value is -0.580. The van der Waals surface area contributed by atoms with E-state index in [4.69, 9.17) is 0 Å². The van der Waals surface area contributed by atoms with Crippen LogP contribution in [-0.2, 0) is 6.42 Å². The van der Waals surface area contributed by atoms with Gasteiger partial charge in [-0.25, -0.2) is 9.97 Å². The van der Waals surface area contributed by atoms with Crippen LogP contribution in [0, 0.1) is 12.8 Å². The van der Waals surface area contributed by atoms with Crippen molar-refractivity contribution in [1.82, 2.24) is 15.3 Å². The Balaban J connectivity index is 0.00000180. The van der Waals surface area contributed by atoms with E-state index in [-0.39, 0.29) is 24.8 Å². The first-order chi connectivity index (χ1) is 8.70. The molecule has 0 bridgehead atoms. The van der Waals surface area contributed by atoms with Crippen molar-refractivity contribution in [2.24, 2.45) is 5.92 Å². The number of anilines is 1. The van der Waals surface area contributed by atoms with Gasteiger partial charge in [-0.2, -0.15) is 0 Å². The Bertz CT molecular complexity index is 401. The van der Waals surface area contributed by atoms with Crippen molar-refractivity contribution in [3.05, 3.63) is 17.6 Å². The number of aryl methyl sites for hydroxylation is 2. The van der Waals surface area contributed by atoms with E-state index in [1.165, 1.54) is 5.56 Å². The molecule has 1 aromatic heterocycles. The van der Waals surface area contributed by atoms with Crippen LogP contribution in [0.4, 0.5) is 5.82 Å². The van der Waals surface area contributed by atoms with Crippen LogP contribution in [0.5, 0.6) is 0 Å². The molecule has 1 fully saturated rings. The zero-order valence-corrected chi connectivity index (χ0v) is 14.1. The normalized spacial score (nSPS) is 21.6. The van der Waals surface area contributed by atoms with Crippen LogP contribution in [0.2, 0.25) is 0 Å². The Morgan fingerprint density at radius 2 is 2.15 bits per heavy atom. The van der Waals surface area contributed by atoms with E-state index in [1.54, 1.807) is 0 Å². The summed E-state index contributed by atoms with van der Waals surface area (Å²) in [6.07, 6.45) is 5.31. The van der Waals surface area contributed by atoms with Gasteiger partial charge >= 0.3 is 0 Å². The Labute approximate surface area is 134 Å². The van der Waals surface area contributed by atoms with Gasteiger partial charge in [0.15, 0.2) is 0 Å². The lowest BCUT2D eigenvalue weighted by molar-refractivity contribution is 0.367. The molecule has 1 saturated heterocycles. The first kappa shape index (κ1) is 19.4. The lowest BCUT2D eigenvalue weighted by Gasteiger charge is -2.31. The van der Waals surface area contributed by atoms with Gasteiger partial charge < -0.3 is 10.6 Å². The van der Waals surface area contributed by atoms with Crippen molar-refractivity contribution in [2.45, 2.75) is 46.1 Å². The van der Waals surface area contributed by atoms with E-state index in [2.05, 4.69) is 34.4 Å². The second-order valence-corrected chi connectivity index (χ2v) is 5.26. The minimum absolute atomic E-state index is 0. The van der Waals surface area contributed by atoms with Gasteiger partial charge in [-0.15, -0.1) is 24.8 Å². The Morgan fingerprint density at radius 3 is 2.80 bits per heavy atom. The molecule has 0 aromatic carbocycles. The molecule has 2 heterocycles. The molecular formula is C14H26Cl2N4. The van der Waals surface area contributed by atoms with Gasteiger partial charge in [0.25, 0.3) is 0 Å². The molecule has 4 nitrogen and oxygen atoms in total. The van der Waals surface area contributed by atoms with Crippen LogP contribution in [0.15, 0.2) is 6.20 Å². The maximum absolute atomic E-state index is 4.58. The minimum Gasteiger partial charge on any atom is -0.367 e. The average Bonchev–Trinajstić information content (AvgIpc) is 2.36.